The zero-order chi connectivity index (χ0) is 16.9. The number of aliphatic carboxylic acids is 1. The molecule has 1 saturated carbocycles. The van der Waals surface area contributed by atoms with Gasteiger partial charge in [0.05, 0.1) is 13.1 Å². The van der Waals surface area contributed by atoms with Gasteiger partial charge in [-0.3, -0.25) is 19.3 Å². The Morgan fingerprint density at radius 2 is 1.82 bits per heavy atom. The number of nitrogens with zero attached hydrogens (tertiary/aromatic N) is 1. The van der Waals surface area contributed by atoms with Gasteiger partial charge in [0.2, 0.25) is 11.8 Å². The lowest BCUT2D eigenvalue weighted by Crippen LogP contribution is -2.56. The molecule has 1 aliphatic rings. The molecule has 1 aliphatic carbocycles. The molecule has 0 unspecified atom stereocenters. The highest BCUT2D eigenvalue weighted by Gasteiger charge is 2.34. The summed E-state index contributed by atoms with van der Waals surface area (Å²) in [5.74, 6) is -1.20. The van der Waals surface area contributed by atoms with Gasteiger partial charge >= 0.3 is 5.97 Å². The fourth-order valence-electron chi connectivity index (χ4n) is 2.38. The molecule has 0 spiro atoms. The lowest BCUT2D eigenvalue weighted by molar-refractivity contribution is -0.139. The van der Waals surface area contributed by atoms with Gasteiger partial charge < -0.3 is 15.7 Å². The molecule has 0 aromatic carbocycles. The monoisotopic (exact) mass is 313 g/mol. The van der Waals surface area contributed by atoms with Gasteiger partial charge in [0, 0.05) is 17.5 Å². The van der Waals surface area contributed by atoms with Crippen LogP contribution in [-0.2, 0) is 14.4 Å². The second-order valence-corrected chi connectivity index (χ2v) is 6.78. The Labute approximate surface area is 131 Å². The largest absolute Gasteiger partial charge is 0.480 e. The molecule has 7 nitrogen and oxygen atoms in total. The van der Waals surface area contributed by atoms with Crippen LogP contribution in [0.2, 0.25) is 0 Å². The zero-order valence-corrected chi connectivity index (χ0v) is 13.8. The lowest BCUT2D eigenvalue weighted by Gasteiger charge is -2.42. The summed E-state index contributed by atoms with van der Waals surface area (Å²) in [6.45, 7) is 7.99. The standard InChI is InChI=1S/C15H27N3O4/c1-5-18(9-13(20)21)11-6-10(7-11)17-12(19)8-16-14(22)15(2,3)4/h10-11H,5-9H2,1-4H3,(H,16,22)(H,17,19)(H,20,21). The van der Waals surface area contributed by atoms with Crippen LogP contribution in [0.4, 0.5) is 0 Å². The Hall–Kier alpha value is -1.63. The van der Waals surface area contributed by atoms with E-state index >= 15 is 0 Å². The second kappa shape index (κ2) is 7.58. The molecule has 0 bridgehead atoms. The third-order valence-electron chi connectivity index (χ3n) is 3.83. The third-order valence-corrected chi connectivity index (χ3v) is 3.83. The first-order chi connectivity index (χ1) is 10.1. The van der Waals surface area contributed by atoms with Gasteiger partial charge in [-0.15, -0.1) is 0 Å². The highest BCUT2D eigenvalue weighted by atomic mass is 16.4. The Bertz CT molecular complexity index is 425. The van der Waals surface area contributed by atoms with Gasteiger partial charge in [-0.25, -0.2) is 0 Å². The molecule has 2 amide bonds. The summed E-state index contributed by atoms with van der Waals surface area (Å²) >= 11 is 0. The summed E-state index contributed by atoms with van der Waals surface area (Å²) in [6, 6.07) is 0.266. The van der Waals surface area contributed by atoms with Crippen molar-refractivity contribution in [3.63, 3.8) is 0 Å². The molecule has 0 aromatic heterocycles. The minimum absolute atomic E-state index is 0.0239. The molecule has 1 rings (SSSR count). The van der Waals surface area contributed by atoms with Crippen LogP contribution in [0.25, 0.3) is 0 Å². The number of hydrogen-bond donors (Lipinski definition) is 3. The molecule has 22 heavy (non-hydrogen) atoms. The zero-order valence-electron chi connectivity index (χ0n) is 13.8. The minimum Gasteiger partial charge on any atom is -0.480 e. The van der Waals surface area contributed by atoms with Crippen LogP contribution >= 0.6 is 0 Å². The van der Waals surface area contributed by atoms with Gasteiger partial charge in [-0.1, -0.05) is 27.7 Å². The topological polar surface area (TPSA) is 98.7 Å². The number of likely N-dealkylation sites (N-methyl/N-ethyl adjacent to an activating group) is 1. The van der Waals surface area contributed by atoms with Crippen LogP contribution in [0.15, 0.2) is 0 Å². The fourth-order valence-corrected chi connectivity index (χ4v) is 2.38. The molecule has 0 aromatic rings. The van der Waals surface area contributed by atoms with E-state index in [1.165, 1.54) is 0 Å². The first kappa shape index (κ1) is 18.4. The van der Waals surface area contributed by atoms with Crippen molar-refractivity contribution in [2.75, 3.05) is 19.6 Å². The summed E-state index contributed by atoms with van der Waals surface area (Å²) in [4.78, 5) is 36.1. The summed E-state index contributed by atoms with van der Waals surface area (Å²) in [5, 5.41) is 14.3. The van der Waals surface area contributed by atoms with Crippen LogP contribution in [-0.4, -0.2) is 59.5 Å². The van der Waals surface area contributed by atoms with E-state index in [-0.39, 0.29) is 37.0 Å². The third kappa shape index (κ3) is 5.63. The van der Waals surface area contributed by atoms with E-state index in [9.17, 15) is 14.4 Å². The second-order valence-electron chi connectivity index (χ2n) is 6.78. The number of carbonyl (C=O) groups is 3. The van der Waals surface area contributed by atoms with Crippen molar-refractivity contribution in [1.82, 2.24) is 15.5 Å². The molecule has 0 heterocycles. The maximum absolute atomic E-state index is 11.8. The van der Waals surface area contributed by atoms with Crippen molar-refractivity contribution in [3.8, 4) is 0 Å². The Balaban J connectivity index is 2.26. The average Bonchev–Trinajstić information content (AvgIpc) is 2.35. The van der Waals surface area contributed by atoms with E-state index in [2.05, 4.69) is 10.6 Å². The SMILES string of the molecule is CCN(CC(=O)O)C1CC(NC(=O)CNC(=O)C(C)(C)C)C1. The molecule has 0 radical (unpaired) electrons. The van der Waals surface area contributed by atoms with Gasteiger partial charge in [0.25, 0.3) is 0 Å². The Morgan fingerprint density at radius 3 is 2.27 bits per heavy atom. The van der Waals surface area contributed by atoms with Gasteiger partial charge in [0.1, 0.15) is 0 Å². The molecule has 3 N–H and O–H groups in total. The Morgan fingerprint density at radius 1 is 1.23 bits per heavy atom. The smallest absolute Gasteiger partial charge is 0.317 e. The molecule has 126 valence electrons. The summed E-state index contributed by atoms with van der Waals surface area (Å²) in [6.07, 6.45) is 1.50. The van der Waals surface area contributed by atoms with Crippen molar-refractivity contribution in [1.29, 1.82) is 0 Å². The fraction of sp³-hybridized carbons (Fsp3) is 0.800. The van der Waals surface area contributed by atoms with Gasteiger partial charge in [-0.05, 0) is 19.4 Å². The van der Waals surface area contributed by atoms with Crippen molar-refractivity contribution in [2.45, 2.75) is 52.6 Å². The number of hydrogen-bond acceptors (Lipinski definition) is 4. The average molecular weight is 313 g/mol. The number of amides is 2. The quantitative estimate of drug-likeness (QED) is 0.624. The molecular formula is C15H27N3O4. The predicted octanol–water partition coefficient (Wildman–Crippen LogP) is 0.202. The van der Waals surface area contributed by atoms with E-state index in [4.69, 9.17) is 5.11 Å². The molecule has 0 saturated heterocycles. The number of carbonyl (C=O) groups excluding carboxylic acids is 2. The minimum atomic E-state index is -0.834. The van der Waals surface area contributed by atoms with E-state index in [0.29, 0.717) is 6.54 Å². The van der Waals surface area contributed by atoms with Crippen LogP contribution in [0.5, 0.6) is 0 Å². The first-order valence-corrected chi connectivity index (χ1v) is 7.67. The van der Waals surface area contributed by atoms with E-state index < -0.39 is 11.4 Å². The van der Waals surface area contributed by atoms with Gasteiger partial charge in [-0.2, -0.15) is 0 Å². The van der Waals surface area contributed by atoms with Crippen molar-refractivity contribution in [2.24, 2.45) is 5.41 Å². The molecular weight excluding hydrogens is 286 g/mol. The number of carboxylic acids is 1. The maximum Gasteiger partial charge on any atom is 0.317 e. The highest BCUT2D eigenvalue weighted by Crippen LogP contribution is 2.25. The first-order valence-electron chi connectivity index (χ1n) is 7.67. The highest BCUT2D eigenvalue weighted by molar-refractivity contribution is 5.87. The normalized spacial score (nSPS) is 21.1. The van der Waals surface area contributed by atoms with Crippen LogP contribution in [0, 0.1) is 5.41 Å². The van der Waals surface area contributed by atoms with Crippen LogP contribution < -0.4 is 10.6 Å². The summed E-state index contributed by atoms with van der Waals surface area (Å²) < 4.78 is 0. The van der Waals surface area contributed by atoms with Crippen molar-refractivity contribution < 1.29 is 19.5 Å². The summed E-state index contributed by atoms with van der Waals surface area (Å²) in [7, 11) is 0. The molecule has 0 atom stereocenters. The molecule has 7 heteroatoms. The summed E-state index contributed by atoms with van der Waals surface area (Å²) in [5.41, 5.74) is -0.514. The van der Waals surface area contributed by atoms with E-state index in [0.717, 1.165) is 12.8 Å². The number of nitrogens with one attached hydrogen (secondary N) is 2. The number of carboxylic acid groups (broad SMARTS) is 1. The van der Waals surface area contributed by atoms with Gasteiger partial charge in [0.15, 0.2) is 0 Å². The van der Waals surface area contributed by atoms with Crippen molar-refractivity contribution >= 4 is 17.8 Å². The van der Waals surface area contributed by atoms with Crippen LogP contribution in [0.1, 0.15) is 40.5 Å². The Kier molecular flexibility index (Phi) is 6.34. The predicted molar refractivity (Wildman–Crippen MR) is 82.3 cm³/mol. The van der Waals surface area contributed by atoms with E-state index in [1.807, 2.05) is 11.8 Å². The van der Waals surface area contributed by atoms with Crippen LogP contribution in [0.3, 0.4) is 0 Å². The molecule has 1 fully saturated rings. The van der Waals surface area contributed by atoms with E-state index in [1.54, 1.807) is 20.8 Å². The van der Waals surface area contributed by atoms with Crippen molar-refractivity contribution in [3.05, 3.63) is 0 Å². The maximum atomic E-state index is 11.8. The lowest BCUT2D eigenvalue weighted by atomic mass is 9.85. The molecule has 0 aliphatic heterocycles. The number of rotatable bonds is 7.